The van der Waals surface area contributed by atoms with E-state index in [4.69, 9.17) is 4.74 Å². The van der Waals surface area contributed by atoms with Gasteiger partial charge in [0.2, 0.25) is 0 Å². The van der Waals surface area contributed by atoms with E-state index in [2.05, 4.69) is 36.1 Å². The summed E-state index contributed by atoms with van der Waals surface area (Å²) in [6.45, 7) is 6.16. The van der Waals surface area contributed by atoms with Crippen LogP contribution in [0.25, 0.3) is 0 Å². The van der Waals surface area contributed by atoms with Gasteiger partial charge in [0.1, 0.15) is 0 Å². The number of para-hydroxylation sites is 1. The van der Waals surface area contributed by atoms with Gasteiger partial charge >= 0.3 is 5.97 Å². The summed E-state index contributed by atoms with van der Waals surface area (Å²) in [6, 6.07) is 18.2. The molecule has 2 aromatic carbocycles. The molecule has 0 atom stereocenters. The Bertz CT molecular complexity index is 639. The lowest BCUT2D eigenvalue weighted by atomic mass is 10.1. The lowest BCUT2D eigenvalue weighted by Gasteiger charge is -2.26. The van der Waals surface area contributed by atoms with Crippen molar-refractivity contribution in [1.29, 1.82) is 0 Å². The van der Waals surface area contributed by atoms with Crippen LogP contribution >= 0.6 is 0 Å². The van der Waals surface area contributed by atoms with Gasteiger partial charge in [0, 0.05) is 18.8 Å². The molecular formula is C22H29NO2. The average Bonchev–Trinajstić information content (AvgIpc) is 2.65. The second kappa shape index (κ2) is 10.5. The molecular weight excluding hydrogens is 310 g/mol. The molecule has 3 nitrogen and oxygen atoms in total. The number of rotatable bonds is 10. The molecule has 0 saturated carbocycles. The van der Waals surface area contributed by atoms with Gasteiger partial charge < -0.3 is 9.64 Å². The van der Waals surface area contributed by atoms with E-state index in [1.807, 2.05) is 37.3 Å². The maximum Gasteiger partial charge on any atom is 0.338 e. The monoisotopic (exact) mass is 339 g/mol. The van der Waals surface area contributed by atoms with Crippen LogP contribution in [0.3, 0.4) is 0 Å². The molecule has 0 aliphatic heterocycles. The molecule has 0 spiro atoms. The molecule has 0 aliphatic carbocycles. The van der Waals surface area contributed by atoms with Gasteiger partial charge in [-0.05, 0) is 37.1 Å². The summed E-state index contributed by atoms with van der Waals surface area (Å²) >= 11 is 0. The molecule has 0 N–H and O–H groups in total. The van der Waals surface area contributed by atoms with Crippen LogP contribution in [-0.2, 0) is 11.3 Å². The van der Waals surface area contributed by atoms with E-state index < -0.39 is 0 Å². The van der Waals surface area contributed by atoms with Crippen LogP contribution in [0.15, 0.2) is 54.6 Å². The van der Waals surface area contributed by atoms with E-state index in [1.165, 1.54) is 24.9 Å². The summed E-state index contributed by atoms with van der Waals surface area (Å²) in [6.07, 6.45) is 4.89. The summed E-state index contributed by atoms with van der Waals surface area (Å²) in [4.78, 5) is 14.6. The van der Waals surface area contributed by atoms with Crippen molar-refractivity contribution < 1.29 is 9.53 Å². The number of esters is 1. The molecule has 0 aliphatic rings. The van der Waals surface area contributed by atoms with Crippen LogP contribution in [0.2, 0.25) is 0 Å². The molecule has 0 amide bonds. The van der Waals surface area contributed by atoms with Crippen molar-refractivity contribution in [2.75, 3.05) is 18.1 Å². The van der Waals surface area contributed by atoms with E-state index in [9.17, 15) is 4.79 Å². The van der Waals surface area contributed by atoms with Crippen molar-refractivity contribution in [3.63, 3.8) is 0 Å². The molecule has 0 saturated heterocycles. The molecule has 0 heterocycles. The highest BCUT2D eigenvalue weighted by molar-refractivity contribution is 5.91. The van der Waals surface area contributed by atoms with E-state index >= 15 is 0 Å². The van der Waals surface area contributed by atoms with Crippen molar-refractivity contribution in [3.8, 4) is 0 Å². The molecule has 0 unspecified atom stereocenters. The Hall–Kier alpha value is -2.29. The fourth-order valence-corrected chi connectivity index (χ4v) is 2.94. The smallest absolute Gasteiger partial charge is 0.338 e. The van der Waals surface area contributed by atoms with Crippen LogP contribution in [0.4, 0.5) is 5.69 Å². The lowest BCUT2D eigenvalue weighted by Crippen LogP contribution is -2.25. The molecule has 2 aromatic rings. The fourth-order valence-electron chi connectivity index (χ4n) is 2.94. The number of hydrogen-bond donors (Lipinski definition) is 0. The molecule has 134 valence electrons. The van der Waals surface area contributed by atoms with Crippen LogP contribution in [0.1, 0.15) is 55.5 Å². The Labute approximate surface area is 151 Å². The molecule has 0 radical (unpaired) electrons. The summed E-state index contributed by atoms with van der Waals surface area (Å²) in [7, 11) is 0. The first-order chi connectivity index (χ1) is 12.3. The quantitative estimate of drug-likeness (QED) is 0.426. The van der Waals surface area contributed by atoms with Crippen molar-refractivity contribution in [1.82, 2.24) is 0 Å². The van der Waals surface area contributed by atoms with Crippen molar-refractivity contribution in [2.24, 2.45) is 0 Å². The minimum absolute atomic E-state index is 0.239. The summed E-state index contributed by atoms with van der Waals surface area (Å²) in [5.41, 5.74) is 2.87. The molecule has 2 rings (SSSR count). The van der Waals surface area contributed by atoms with Gasteiger partial charge in [-0.2, -0.15) is 0 Å². The third-order valence-corrected chi connectivity index (χ3v) is 4.28. The largest absolute Gasteiger partial charge is 0.462 e. The molecule has 0 bridgehead atoms. The predicted molar refractivity (Wildman–Crippen MR) is 104 cm³/mol. The highest BCUT2D eigenvalue weighted by Gasteiger charge is 2.15. The van der Waals surface area contributed by atoms with Crippen LogP contribution in [0.5, 0.6) is 0 Å². The van der Waals surface area contributed by atoms with Gasteiger partial charge in [0.05, 0.1) is 12.2 Å². The van der Waals surface area contributed by atoms with Crippen molar-refractivity contribution in [3.05, 3.63) is 65.7 Å². The number of nitrogens with zero attached hydrogens (tertiary/aromatic N) is 1. The SMILES string of the molecule is CCCCCCN(Cc1ccccc1C(=O)OCC)c1ccccc1. The topological polar surface area (TPSA) is 29.5 Å². The van der Waals surface area contributed by atoms with Gasteiger partial charge in [0.15, 0.2) is 0 Å². The second-order valence-corrected chi connectivity index (χ2v) is 6.20. The molecule has 0 fully saturated rings. The average molecular weight is 339 g/mol. The van der Waals surface area contributed by atoms with E-state index in [-0.39, 0.29) is 5.97 Å². The van der Waals surface area contributed by atoms with Crippen LogP contribution < -0.4 is 4.90 Å². The maximum absolute atomic E-state index is 12.2. The normalized spacial score (nSPS) is 10.5. The summed E-state index contributed by atoms with van der Waals surface area (Å²) in [5, 5.41) is 0. The Morgan fingerprint density at radius 3 is 2.36 bits per heavy atom. The van der Waals surface area contributed by atoms with Gasteiger partial charge in [-0.3, -0.25) is 0 Å². The first-order valence-electron chi connectivity index (χ1n) is 9.31. The van der Waals surface area contributed by atoms with E-state index in [1.54, 1.807) is 0 Å². The van der Waals surface area contributed by atoms with Crippen molar-refractivity contribution >= 4 is 11.7 Å². The first-order valence-corrected chi connectivity index (χ1v) is 9.31. The van der Waals surface area contributed by atoms with E-state index in [0.29, 0.717) is 18.7 Å². The summed E-state index contributed by atoms with van der Waals surface area (Å²) < 4.78 is 5.21. The Kier molecular flexibility index (Phi) is 8.03. The number of carbonyl (C=O) groups excluding carboxylic acids is 1. The zero-order valence-corrected chi connectivity index (χ0v) is 15.4. The van der Waals surface area contributed by atoms with Crippen LogP contribution in [-0.4, -0.2) is 19.1 Å². The lowest BCUT2D eigenvalue weighted by molar-refractivity contribution is 0.0525. The van der Waals surface area contributed by atoms with Crippen molar-refractivity contribution in [2.45, 2.75) is 46.1 Å². The zero-order chi connectivity index (χ0) is 17.9. The predicted octanol–water partition coefficient (Wildman–Crippen LogP) is 5.45. The zero-order valence-electron chi connectivity index (χ0n) is 15.4. The van der Waals surface area contributed by atoms with Gasteiger partial charge in [-0.25, -0.2) is 4.79 Å². The Morgan fingerprint density at radius 1 is 0.920 bits per heavy atom. The number of carbonyl (C=O) groups is 1. The third-order valence-electron chi connectivity index (χ3n) is 4.28. The minimum Gasteiger partial charge on any atom is -0.462 e. The molecule has 0 aromatic heterocycles. The number of anilines is 1. The van der Waals surface area contributed by atoms with Gasteiger partial charge in [0.25, 0.3) is 0 Å². The second-order valence-electron chi connectivity index (χ2n) is 6.20. The Morgan fingerprint density at radius 2 is 1.64 bits per heavy atom. The number of unbranched alkanes of at least 4 members (excludes halogenated alkanes) is 3. The first kappa shape index (κ1) is 19.0. The molecule has 3 heteroatoms. The van der Waals surface area contributed by atoms with Gasteiger partial charge in [-0.15, -0.1) is 0 Å². The molecule has 25 heavy (non-hydrogen) atoms. The highest BCUT2D eigenvalue weighted by Crippen LogP contribution is 2.20. The fraction of sp³-hybridized carbons (Fsp3) is 0.409. The third kappa shape index (κ3) is 5.93. The standard InChI is InChI=1S/C22H29NO2/c1-3-5-6-12-17-23(20-14-8-7-9-15-20)18-19-13-10-11-16-21(19)22(24)25-4-2/h7-11,13-16H,3-6,12,17-18H2,1-2H3. The van der Waals surface area contributed by atoms with E-state index in [0.717, 1.165) is 18.5 Å². The maximum atomic E-state index is 12.2. The highest BCUT2D eigenvalue weighted by atomic mass is 16.5. The van der Waals surface area contributed by atoms with Gasteiger partial charge in [-0.1, -0.05) is 62.6 Å². The number of ether oxygens (including phenoxy) is 1. The minimum atomic E-state index is -0.239. The Balaban J connectivity index is 2.17. The van der Waals surface area contributed by atoms with Crippen LogP contribution in [0, 0.1) is 0 Å². The number of benzene rings is 2. The summed E-state index contributed by atoms with van der Waals surface area (Å²) in [5.74, 6) is -0.239. The number of hydrogen-bond acceptors (Lipinski definition) is 3.